The fourth-order valence-corrected chi connectivity index (χ4v) is 8.88. The number of aryl methyl sites for hydroxylation is 1. The van der Waals surface area contributed by atoms with Gasteiger partial charge in [0.15, 0.2) is 0 Å². The van der Waals surface area contributed by atoms with Crippen LogP contribution in [0.25, 0.3) is 44.5 Å². The summed E-state index contributed by atoms with van der Waals surface area (Å²) in [6.07, 6.45) is 0. The molecule has 9 aromatic rings. The Morgan fingerprint density at radius 3 is 0.950 bits per heavy atom. The van der Waals surface area contributed by atoms with Crippen LogP contribution in [0.2, 0.25) is 0 Å². The molecule has 0 bridgehead atoms. The summed E-state index contributed by atoms with van der Waals surface area (Å²) >= 11 is 0. The summed E-state index contributed by atoms with van der Waals surface area (Å²) in [7, 11) is 0. The van der Waals surface area contributed by atoms with E-state index in [-0.39, 0.29) is 5.41 Å². The van der Waals surface area contributed by atoms with Crippen molar-refractivity contribution in [2.45, 2.75) is 26.2 Å². The van der Waals surface area contributed by atoms with Crippen molar-refractivity contribution < 1.29 is 0 Å². The van der Waals surface area contributed by atoms with E-state index in [2.05, 4.69) is 255 Å². The Labute approximate surface area is 354 Å². The first-order valence-electron chi connectivity index (χ1n) is 20.8. The molecule has 0 N–H and O–H groups in total. The Kier molecular flexibility index (Phi) is 9.47. The zero-order valence-electron chi connectivity index (χ0n) is 34.3. The van der Waals surface area contributed by atoms with Crippen LogP contribution in [-0.2, 0) is 5.41 Å². The molecule has 1 aliphatic rings. The molecule has 0 atom stereocenters. The lowest BCUT2D eigenvalue weighted by molar-refractivity contribution is 0.660. The average Bonchev–Trinajstić information content (AvgIpc) is 3.53. The highest BCUT2D eigenvalue weighted by Crippen LogP contribution is 2.52. The molecule has 2 nitrogen and oxygen atoms in total. The number of fused-ring (bicyclic) bond motifs is 3. The van der Waals surface area contributed by atoms with Gasteiger partial charge in [0.1, 0.15) is 0 Å². The van der Waals surface area contributed by atoms with Crippen molar-refractivity contribution in [3.05, 3.63) is 241 Å². The first kappa shape index (κ1) is 36.9. The third kappa shape index (κ3) is 6.86. The lowest BCUT2D eigenvalue weighted by atomic mass is 9.82. The molecule has 0 amide bonds. The highest BCUT2D eigenvalue weighted by atomic mass is 15.1. The molecule has 0 aliphatic heterocycles. The number of hydrogen-bond donors (Lipinski definition) is 0. The predicted octanol–water partition coefficient (Wildman–Crippen LogP) is 16.2. The molecule has 0 spiro atoms. The van der Waals surface area contributed by atoms with Crippen LogP contribution in [0.5, 0.6) is 0 Å². The van der Waals surface area contributed by atoms with Crippen molar-refractivity contribution in [2.75, 3.05) is 9.80 Å². The van der Waals surface area contributed by atoms with Crippen molar-refractivity contribution in [3.63, 3.8) is 0 Å². The van der Waals surface area contributed by atoms with Crippen molar-refractivity contribution >= 4 is 34.1 Å². The Balaban J connectivity index is 0.993. The third-order valence-corrected chi connectivity index (χ3v) is 12.1. The molecule has 2 heteroatoms. The second-order valence-electron chi connectivity index (χ2n) is 16.3. The van der Waals surface area contributed by atoms with Crippen LogP contribution in [-0.4, -0.2) is 0 Å². The van der Waals surface area contributed by atoms with E-state index in [0.29, 0.717) is 0 Å². The fourth-order valence-electron chi connectivity index (χ4n) is 8.88. The normalized spacial score (nSPS) is 12.4. The van der Waals surface area contributed by atoms with Crippen LogP contribution < -0.4 is 9.80 Å². The molecule has 0 unspecified atom stereocenters. The van der Waals surface area contributed by atoms with Gasteiger partial charge in [0.25, 0.3) is 0 Å². The Hall–Kier alpha value is -7.42. The molecule has 9 aromatic carbocycles. The lowest BCUT2D eigenvalue weighted by Crippen LogP contribution is -2.17. The maximum absolute atomic E-state index is 2.42. The molecule has 0 heterocycles. The first-order valence-corrected chi connectivity index (χ1v) is 20.8. The van der Waals surface area contributed by atoms with Crippen LogP contribution in [0.15, 0.2) is 224 Å². The smallest absolute Gasteiger partial charge is 0.0465 e. The van der Waals surface area contributed by atoms with E-state index in [1.54, 1.807) is 0 Å². The Morgan fingerprint density at radius 2 is 0.567 bits per heavy atom. The number of rotatable bonds is 9. The summed E-state index contributed by atoms with van der Waals surface area (Å²) in [5, 5.41) is 0. The summed E-state index contributed by atoms with van der Waals surface area (Å²) in [4.78, 5) is 4.77. The molecule has 1 aliphatic carbocycles. The average molecular weight is 771 g/mol. The summed E-state index contributed by atoms with van der Waals surface area (Å²) in [6.45, 7) is 6.90. The summed E-state index contributed by atoms with van der Waals surface area (Å²) in [5.41, 5.74) is 20.3. The van der Waals surface area contributed by atoms with Gasteiger partial charge in [-0.3, -0.25) is 0 Å². The van der Waals surface area contributed by atoms with Crippen LogP contribution >= 0.6 is 0 Å². The van der Waals surface area contributed by atoms with Crippen molar-refractivity contribution in [3.8, 4) is 44.5 Å². The van der Waals surface area contributed by atoms with Gasteiger partial charge in [0.05, 0.1) is 0 Å². The van der Waals surface area contributed by atoms with Crippen LogP contribution in [0.1, 0.15) is 30.5 Å². The highest BCUT2D eigenvalue weighted by molar-refractivity contribution is 5.89. The molecule has 0 radical (unpaired) electrons. The zero-order valence-corrected chi connectivity index (χ0v) is 34.3. The fraction of sp³-hybridized carbons (Fsp3) is 0.0690. The molecule has 10 rings (SSSR count). The van der Waals surface area contributed by atoms with E-state index >= 15 is 0 Å². The number of nitrogens with zero attached hydrogens (tertiary/aromatic N) is 2. The minimum Gasteiger partial charge on any atom is -0.310 e. The Bertz CT molecular complexity index is 2900. The highest BCUT2D eigenvalue weighted by Gasteiger charge is 2.37. The maximum Gasteiger partial charge on any atom is 0.0465 e. The van der Waals surface area contributed by atoms with Crippen molar-refractivity contribution in [2.24, 2.45) is 0 Å². The van der Waals surface area contributed by atoms with E-state index in [0.717, 1.165) is 34.1 Å². The topological polar surface area (TPSA) is 6.48 Å². The number of benzene rings is 9. The van der Waals surface area contributed by atoms with E-state index in [1.165, 1.54) is 61.2 Å². The van der Waals surface area contributed by atoms with Gasteiger partial charge < -0.3 is 9.80 Å². The van der Waals surface area contributed by atoms with E-state index in [1.807, 2.05) is 0 Å². The molecular formula is C58H46N2. The second-order valence-corrected chi connectivity index (χ2v) is 16.3. The number of anilines is 6. The molecule has 60 heavy (non-hydrogen) atoms. The van der Waals surface area contributed by atoms with Gasteiger partial charge in [0.2, 0.25) is 0 Å². The molecule has 0 saturated heterocycles. The Morgan fingerprint density at radius 1 is 0.283 bits per heavy atom. The molecule has 0 aromatic heterocycles. The molecule has 288 valence electrons. The summed E-state index contributed by atoms with van der Waals surface area (Å²) in [6, 6.07) is 81.6. The minimum absolute atomic E-state index is 0.231. The van der Waals surface area contributed by atoms with E-state index in [9.17, 15) is 0 Å². The predicted molar refractivity (Wildman–Crippen MR) is 254 cm³/mol. The molecule has 0 saturated carbocycles. The first-order chi connectivity index (χ1) is 29.4. The van der Waals surface area contributed by atoms with Crippen LogP contribution in [0, 0.1) is 6.92 Å². The quantitative estimate of drug-likeness (QED) is 0.144. The zero-order chi connectivity index (χ0) is 40.6. The van der Waals surface area contributed by atoms with Gasteiger partial charge in [-0.25, -0.2) is 0 Å². The number of para-hydroxylation sites is 1. The van der Waals surface area contributed by atoms with Gasteiger partial charge in [-0.1, -0.05) is 171 Å². The van der Waals surface area contributed by atoms with E-state index in [4.69, 9.17) is 0 Å². The van der Waals surface area contributed by atoms with Gasteiger partial charge in [0, 0.05) is 39.5 Å². The van der Waals surface area contributed by atoms with Gasteiger partial charge in [-0.15, -0.1) is 0 Å². The molecule has 0 fully saturated rings. The van der Waals surface area contributed by atoms with Gasteiger partial charge in [-0.2, -0.15) is 0 Å². The van der Waals surface area contributed by atoms with Gasteiger partial charge in [-0.05, 0) is 135 Å². The summed E-state index contributed by atoms with van der Waals surface area (Å²) in [5.74, 6) is 0. The monoisotopic (exact) mass is 770 g/mol. The number of hydrogen-bond acceptors (Lipinski definition) is 2. The van der Waals surface area contributed by atoms with Crippen LogP contribution in [0.4, 0.5) is 34.1 Å². The minimum atomic E-state index is -0.231. The lowest BCUT2D eigenvalue weighted by Gasteiger charge is -2.29. The van der Waals surface area contributed by atoms with E-state index < -0.39 is 0 Å². The van der Waals surface area contributed by atoms with Crippen molar-refractivity contribution in [1.82, 2.24) is 0 Å². The van der Waals surface area contributed by atoms with Crippen LogP contribution in [0.3, 0.4) is 0 Å². The largest absolute Gasteiger partial charge is 0.310 e. The standard InChI is InChI=1S/C58H46N2/c1-41-19-29-49(30-20-41)60(51-31-25-46(26-32-51)43-15-9-5-10-16-43)53-36-38-55-54-37-35-52(39-56(54)58(2,3)57(55)40-53)59(48-17-11-6-12-18-48)50-33-27-47(28-34-50)45-23-21-44(22-24-45)42-13-7-4-8-14-42/h4-40H,1-3H3. The third-order valence-electron chi connectivity index (χ3n) is 12.1. The maximum atomic E-state index is 2.42. The summed E-state index contributed by atoms with van der Waals surface area (Å²) < 4.78 is 0. The second kappa shape index (κ2) is 15.4. The molecular weight excluding hydrogens is 725 g/mol. The SMILES string of the molecule is Cc1ccc(N(c2ccc(-c3ccccc3)cc2)c2ccc3c(c2)C(C)(C)c2cc(N(c4ccccc4)c4ccc(-c5ccc(-c6ccccc6)cc5)cc4)ccc2-3)cc1. The van der Waals surface area contributed by atoms with Crippen molar-refractivity contribution in [1.29, 1.82) is 0 Å². The van der Waals surface area contributed by atoms with Gasteiger partial charge >= 0.3 is 0 Å².